The van der Waals surface area contributed by atoms with E-state index in [1.165, 1.54) is 0 Å². The number of hydrogen-bond acceptors (Lipinski definition) is 5. The minimum atomic E-state index is -3.59. The normalized spacial score (nSPS) is 17.2. The molecule has 1 aliphatic heterocycles. The number of fused-ring (bicyclic) bond motifs is 1. The van der Waals surface area contributed by atoms with Gasteiger partial charge in [0.25, 0.3) is 0 Å². The molecule has 0 saturated heterocycles. The van der Waals surface area contributed by atoms with Gasteiger partial charge in [-0.05, 0) is 37.3 Å². The highest BCUT2D eigenvalue weighted by Crippen LogP contribution is 2.31. The molecule has 0 spiro atoms. The molecule has 0 bridgehead atoms. The molecule has 1 aromatic carbocycles. The fourth-order valence-electron chi connectivity index (χ4n) is 2.18. The van der Waals surface area contributed by atoms with Crippen LogP contribution in [0.2, 0.25) is 0 Å². The summed E-state index contributed by atoms with van der Waals surface area (Å²) in [6, 6.07) is 10.2. The summed E-state index contributed by atoms with van der Waals surface area (Å²) in [5.74, 6) is 0.669. The molecule has 1 unspecified atom stereocenters. The molecule has 1 atom stereocenters. The van der Waals surface area contributed by atoms with Crippen molar-refractivity contribution in [3.8, 4) is 5.75 Å². The predicted molar refractivity (Wildman–Crippen MR) is 83.3 cm³/mol. The molecule has 0 amide bonds. The number of pyridine rings is 1. The number of nitrogens with one attached hydrogen (secondary N) is 2. The van der Waals surface area contributed by atoms with Crippen LogP contribution in [-0.2, 0) is 16.6 Å². The summed E-state index contributed by atoms with van der Waals surface area (Å²) in [6.07, 6.45) is 1.70. The van der Waals surface area contributed by atoms with Crippen molar-refractivity contribution in [2.45, 2.75) is 24.5 Å². The second-order valence-corrected chi connectivity index (χ2v) is 6.88. The van der Waals surface area contributed by atoms with Crippen LogP contribution in [0, 0.1) is 0 Å². The van der Waals surface area contributed by atoms with E-state index in [1.54, 1.807) is 36.5 Å². The molecular weight excluding hydrogens is 302 g/mol. The number of sulfonamides is 1. The molecule has 2 N–H and O–H groups in total. The lowest BCUT2D eigenvalue weighted by Crippen LogP contribution is -2.28. The Bertz CT molecular complexity index is 763. The van der Waals surface area contributed by atoms with E-state index in [1.807, 2.05) is 13.0 Å². The Hall–Kier alpha value is -2.12. The van der Waals surface area contributed by atoms with E-state index < -0.39 is 10.0 Å². The lowest BCUT2D eigenvalue weighted by atomic mass is 10.2. The Morgan fingerprint density at radius 3 is 3.00 bits per heavy atom. The summed E-state index contributed by atoms with van der Waals surface area (Å²) >= 11 is 0. The number of nitrogens with zero attached hydrogens (tertiary/aromatic N) is 1. The molecule has 2 heterocycles. The quantitative estimate of drug-likeness (QED) is 0.897. The van der Waals surface area contributed by atoms with Gasteiger partial charge < -0.3 is 10.1 Å². The van der Waals surface area contributed by atoms with Gasteiger partial charge >= 0.3 is 0 Å². The first-order chi connectivity index (χ1) is 10.5. The van der Waals surface area contributed by atoms with Gasteiger partial charge in [-0.15, -0.1) is 0 Å². The zero-order valence-corrected chi connectivity index (χ0v) is 12.9. The van der Waals surface area contributed by atoms with Gasteiger partial charge in [-0.25, -0.2) is 13.1 Å². The van der Waals surface area contributed by atoms with Crippen molar-refractivity contribution in [3.63, 3.8) is 0 Å². The van der Waals surface area contributed by atoms with Crippen molar-refractivity contribution in [2.24, 2.45) is 0 Å². The molecule has 1 aliphatic rings. The molecule has 0 fully saturated rings. The van der Waals surface area contributed by atoms with E-state index in [4.69, 9.17) is 4.74 Å². The smallest absolute Gasteiger partial charge is 0.241 e. The molecule has 1 aromatic heterocycles. The number of aromatic nitrogens is 1. The Labute approximate surface area is 129 Å². The lowest BCUT2D eigenvalue weighted by molar-refractivity contribution is 0.226. The van der Waals surface area contributed by atoms with Crippen molar-refractivity contribution in [3.05, 3.63) is 48.3 Å². The Morgan fingerprint density at radius 2 is 2.23 bits per heavy atom. The maximum atomic E-state index is 12.3. The second kappa shape index (κ2) is 5.94. The summed E-state index contributed by atoms with van der Waals surface area (Å²) in [5, 5.41) is 3.17. The van der Waals surface area contributed by atoms with Crippen LogP contribution in [0.25, 0.3) is 0 Å². The highest BCUT2D eigenvalue weighted by Gasteiger charge is 2.20. The first kappa shape index (κ1) is 14.8. The minimum Gasteiger partial charge on any atom is -0.487 e. The molecule has 3 rings (SSSR count). The van der Waals surface area contributed by atoms with Crippen LogP contribution in [0.4, 0.5) is 5.69 Å². The predicted octanol–water partition coefficient (Wildman–Crippen LogP) is 1.75. The average molecular weight is 319 g/mol. The molecule has 6 nitrogen and oxygen atoms in total. The van der Waals surface area contributed by atoms with Crippen molar-refractivity contribution >= 4 is 15.7 Å². The third-order valence-corrected chi connectivity index (χ3v) is 4.74. The van der Waals surface area contributed by atoms with E-state index in [9.17, 15) is 8.42 Å². The average Bonchev–Trinajstić information content (AvgIpc) is 2.53. The van der Waals surface area contributed by atoms with Crippen LogP contribution < -0.4 is 14.8 Å². The van der Waals surface area contributed by atoms with E-state index in [0.717, 1.165) is 0 Å². The van der Waals surface area contributed by atoms with Gasteiger partial charge in [-0.1, -0.05) is 6.07 Å². The number of benzene rings is 1. The van der Waals surface area contributed by atoms with E-state index >= 15 is 0 Å². The number of hydrogen-bond donors (Lipinski definition) is 2. The van der Waals surface area contributed by atoms with Crippen molar-refractivity contribution < 1.29 is 13.2 Å². The van der Waals surface area contributed by atoms with E-state index in [2.05, 4.69) is 15.0 Å². The maximum Gasteiger partial charge on any atom is 0.241 e. The van der Waals surface area contributed by atoms with Crippen LogP contribution in [-0.4, -0.2) is 26.1 Å². The summed E-state index contributed by atoms with van der Waals surface area (Å²) in [6.45, 7) is 2.76. The molecule has 0 saturated carbocycles. The van der Waals surface area contributed by atoms with Gasteiger partial charge in [0.05, 0.1) is 29.4 Å². The number of rotatable bonds is 4. The van der Waals surface area contributed by atoms with Crippen LogP contribution in [0.5, 0.6) is 5.75 Å². The van der Waals surface area contributed by atoms with Crippen LogP contribution in [0.3, 0.4) is 0 Å². The highest BCUT2D eigenvalue weighted by molar-refractivity contribution is 7.89. The second-order valence-electron chi connectivity index (χ2n) is 5.11. The third kappa shape index (κ3) is 3.20. The highest BCUT2D eigenvalue weighted by atomic mass is 32.2. The van der Waals surface area contributed by atoms with Gasteiger partial charge in [-0.2, -0.15) is 0 Å². The molecule has 0 radical (unpaired) electrons. The SMILES string of the molecule is CC1CNc2cc(S(=O)(=O)NCc3ccccn3)ccc2O1. The molecule has 0 aliphatic carbocycles. The van der Waals surface area contributed by atoms with Crippen LogP contribution in [0.15, 0.2) is 47.5 Å². The molecule has 2 aromatic rings. The molecule has 7 heteroatoms. The van der Waals surface area contributed by atoms with Gasteiger partial charge in [-0.3, -0.25) is 4.98 Å². The van der Waals surface area contributed by atoms with Gasteiger partial charge in [0, 0.05) is 6.20 Å². The van der Waals surface area contributed by atoms with Crippen LogP contribution >= 0.6 is 0 Å². The Morgan fingerprint density at radius 1 is 1.36 bits per heavy atom. The first-order valence-electron chi connectivity index (χ1n) is 6.99. The Kier molecular flexibility index (Phi) is 4.00. The zero-order chi connectivity index (χ0) is 15.6. The monoisotopic (exact) mass is 319 g/mol. The summed E-state index contributed by atoms with van der Waals surface area (Å²) < 4.78 is 32.9. The van der Waals surface area contributed by atoms with E-state index in [-0.39, 0.29) is 17.5 Å². The standard InChI is InChI=1S/C15H17N3O3S/c1-11-9-17-14-8-13(5-6-15(14)21-11)22(19,20)18-10-12-4-2-3-7-16-12/h2-8,11,17-18H,9-10H2,1H3. The van der Waals surface area contributed by atoms with Gasteiger partial charge in [0.15, 0.2) is 0 Å². The van der Waals surface area contributed by atoms with Gasteiger partial charge in [0.1, 0.15) is 11.9 Å². The van der Waals surface area contributed by atoms with E-state index in [0.29, 0.717) is 23.7 Å². The number of anilines is 1. The topological polar surface area (TPSA) is 80.3 Å². The first-order valence-corrected chi connectivity index (χ1v) is 8.47. The van der Waals surface area contributed by atoms with Crippen molar-refractivity contribution in [1.29, 1.82) is 0 Å². The zero-order valence-electron chi connectivity index (χ0n) is 12.1. The molecular formula is C15H17N3O3S. The lowest BCUT2D eigenvalue weighted by Gasteiger charge is -2.25. The largest absolute Gasteiger partial charge is 0.487 e. The summed E-state index contributed by atoms with van der Waals surface area (Å²) in [5.41, 5.74) is 1.36. The minimum absolute atomic E-state index is 0.0669. The third-order valence-electron chi connectivity index (χ3n) is 3.34. The van der Waals surface area contributed by atoms with Crippen molar-refractivity contribution in [1.82, 2.24) is 9.71 Å². The molecule has 22 heavy (non-hydrogen) atoms. The summed E-state index contributed by atoms with van der Waals surface area (Å²) in [4.78, 5) is 4.30. The summed E-state index contributed by atoms with van der Waals surface area (Å²) in [7, 11) is -3.59. The van der Waals surface area contributed by atoms with Crippen LogP contribution in [0.1, 0.15) is 12.6 Å². The number of ether oxygens (including phenoxy) is 1. The fourth-order valence-corrected chi connectivity index (χ4v) is 3.21. The maximum absolute atomic E-state index is 12.3. The van der Waals surface area contributed by atoms with Crippen molar-refractivity contribution in [2.75, 3.05) is 11.9 Å². The van der Waals surface area contributed by atoms with Gasteiger partial charge in [0.2, 0.25) is 10.0 Å². The Balaban J connectivity index is 1.78. The fraction of sp³-hybridized carbons (Fsp3) is 0.267. The molecule has 116 valence electrons.